The molecule has 1 rings (SSSR count). The summed E-state index contributed by atoms with van der Waals surface area (Å²) < 4.78 is 1.58. The van der Waals surface area contributed by atoms with Gasteiger partial charge in [0.25, 0.3) is 5.56 Å². The van der Waals surface area contributed by atoms with Gasteiger partial charge in [-0.05, 0) is 25.0 Å². The van der Waals surface area contributed by atoms with Gasteiger partial charge in [0.2, 0.25) is 0 Å². The molecule has 2 N–H and O–H groups in total. The molecule has 0 unspecified atom stereocenters. The van der Waals surface area contributed by atoms with Gasteiger partial charge in [-0.3, -0.25) is 4.79 Å². The standard InChI is InChI=1S/C10H13N3O/c11-6-2-1-3-7-13-8-4-5-9(12)10(13)14/h4-5,8H,1-3,7,12H2. The summed E-state index contributed by atoms with van der Waals surface area (Å²) in [5.74, 6) is 0. The minimum atomic E-state index is -0.149. The molecule has 1 aromatic heterocycles. The highest BCUT2D eigenvalue weighted by molar-refractivity contribution is 5.33. The topological polar surface area (TPSA) is 71.8 Å². The molecule has 0 bridgehead atoms. The van der Waals surface area contributed by atoms with Crippen LogP contribution in [0.4, 0.5) is 5.69 Å². The average molecular weight is 191 g/mol. The molecular formula is C10H13N3O. The summed E-state index contributed by atoms with van der Waals surface area (Å²) >= 11 is 0. The maximum atomic E-state index is 11.4. The fourth-order valence-electron chi connectivity index (χ4n) is 1.22. The van der Waals surface area contributed by atoms with Gasteiger partial charge < -0.3 is 10.3 Å². The predicted octanol–water partition coefficient (Wildman–Crippen LogP) is 1.12. The zero-order valence-corrected chi connectivity index (χ0v) is 7.94. The molecule has 0 radical (unpaired) electrons. The van der Waals surface area contributed by atoms with Crippen molar-refractivity contribution in [3.05, 3.63) is 28.7 Å². The number of hydrogen-bond acceptors (Lipinski definition) is 3. The Morgan fingerprint density at radius 2 is 2.29 bits per heavy atom. The second kappa shape index (κ2) is 5.07. The summed E-state index contributed by atoms with van der Waals surface area (Å²) in [4.78, 5) is 11.4. The second-order valence-electron chi connectivity index (χ2n) is 3.08. The highest BCUT2D eigenvalue weighted by Gasteiger charge is 1.97. The average Bonchev–Trinajstić information content (AvgIpc) is 2.19. The van der Waals surface area contributed by atoms with Gasteiger partial charge in [-0.15, -0.1) is 0 Å². The minimum absolute atomic E-state index is 0.149. The largest absolute Gasteiger partial charge is 0.394 e. The fraction of sp³-hybridized carbons (Fsp3) is 0.400. The number of nitrogens with two attached hydrogens (primary N) is 1. The third-order valence-electron chi connectivity index (χ3n) is 1.99. The Kier molecular flexibility index (Phi) is 3.74. The van der Waals surface area contributed by atoms with E-state index in [9.17, 15) is 4.79 Å². The lowest BCUT2D eigenvalue weighted by atomic mass is 10.2. The molecule has 1 aromatic rings. The van der Waals surface area contributed by atoms with Crippen LogP contribution in [0, 0.1) is 11.3 Å². The number of pyridine rings is 1. The zero-order valence-electron chi connectivity index (χ0n) is 7.94. The van der Waals surface area contributed by atoms with Gasteiger partial charge >= 0.3 is 0 Å². The second-order valence-corrected chi connectivity index (χ2v) is 3.08. The van der Waals surface area contributed by atoms with Crippen molar-refractivity contribution in [1.82, 2.24) is 4.57 Å². The van der Waals surface area contributed by atoms with Gasteiger partial charge in [0, 0.05) is 19.2 Å². The first kappa shape index (κ1) is 10.3. The molecule has 0 aromatic carbocycles. The number of nitriles is 1. The molecule has 0 aliphatic heterocycles. The van der Waals surface area contributed by atoms with Crippen LogP contribution < -0.4 is 11.3 Å². The first-order valence-electron chi connectivity index (χ1n) is 4.57. The zero-order chi connectivity index (χ0) is 10.4. The molecule has 0 aliphatic rings. The SMILES string of the molecule is N#CCCCCn1cccc(N)c1=O. The number of hydrogen-bond donors (Lipinski definition) is 1. The van der Waals surface area contributed by atoms with E-state index in [-0.39, 0.29) is 11.2 Å². The van der Waals surface area contributed by atoms with E-state index in [2.05, 4.69) is 6.07 Å². The molecule has 1 heterocycles. The highest BCUT2D eigenvalue weighted by Crippen LogP contribution is 1.98. The van der Waals surface area contributed by atoms with Gasteiger partial charge in [-0.25, -0.2) is 0 Å². The monoisotopic (exact) mass is 191 g/mol. The Labute approximate surface area is 82.6 Å². The van der Waals surface area contributed by atoms with Gasteiger partial charge in [-0.1, -0.05) is 0 Å². The Morgan fingerprint density at radius 3 is 3.00 bits per heavy atom. The molecule has 4 heteroatoms. The summed E-state index contributed by atoms with van der Waals surface area (Å²) in [6.45, 7) is 0.631. The summed E-state index contributed by atoms with van der Waals surface area (Å²) in [7, 11) is 0. The van der Waals surface area contributed by atoms with Crippen molar-refractivity contribution < 1.29 is 0 Å². The maximum Gasteiger partial charge on any atom is 0.273 e. The molecule has 0 atom stereocenters. The first-order chi connectivity index (χ1) is 6.75. The molecule has 4 nitrogen and oxygen atoms in total. The first-order valence-corrected chi connectivity index (χ1v) is 4.57. The molecular weight excluding hydrogens is 178 g/mol. The lowest BCUT2D eigenvalue weighted by Crippen LogP contribution is -2.21. The van der Waals surface area contributed by atoms with Crippen LogP contribution in [0.5, 0.6) is 0 Å². The maximum absolute atomic E-state index is 11.4. The summed E-state index contributed by atoms with van der Waals surface area (Å²) in [6, 6.07) is 5.41. The fourth-order valence-corrected chi connectivity index (χ4v) is 1.22. The van der Waals surface area contributed by atoms with E-state index in [0.717, 1.165) is 12.8 Å². The van der Waals surface area contributed by atoms with Crippen molar-refractivity contribution in [2.24, 2.45) is 0 Å². The Hall–Kier alpha value is -1.76. The van der Waals surface area contributed by atoms with Crippen molar-refractivity contribution in [2.45, 2.75) is 25.8 Å². The smallest absolute Gasteiger partial charge is 0.273 e. The Balaban J connectivity index is 2.56. The number of aryl methyl sites for hydroxylation is 1. The van der Waals surface area contributed by atoms with Gasteiger partial charge in [-0.2, -0.15) is 5.26 Å². The van der Waals surface area contributed by atoms with E-state index in [1.165, 1.54) is 0 Å². The van der Waals surface area contributed by atoms with Crippen molar-refractivity contribution in [2.75, 3.05) is 5.73 Å². The van der Waals surface area contributed by atoms with Crippen LogP contribution in [-0.4, -0.2) is 4.57 Å². The van der Waals surface area contributed by atoms with E-state index in [1.54, 1.807) is 22.9 Å². The lowest BCUT2D eigenvalue weighted by molar-refractivity contribution is 0.601. The van der Waals surface area contributed by atoms with Crippen LogP contribution in [0.2, 0.25) is 0 Å². The van der Waals surface area contributed by atoms with Crippen LogP contribution in [0.3, 0.4) is 0 Å². The number of anilines is 1. The molecule has 14 heavy (non-hydrogen) atoms. The third kappa shape index (κ3) is 2.63. The number of rotatable bonds is 4. The Bertz CT molecular complexity index is 389. The third-order valence-corrected chi connectivity index (χ3v) is 1.99. The molecule has 0 aliphatic carbocycles. The molecule has 0 spiro atoms. The number of aromatic nitrogens is 1. The van der Waals surface area contributed by atoms with Crippen LogP contribution in [0.15, 0.2) is 23.1 Å². The van der Waals surface area contributed by atoms with E-state index >= 15 is 0 Å². The van der Waals surface area contributed by atoms with Crippen molar-refractivity contribution in [1.29, 1.82) is 5.26 Å². The minimum Gasteiger partial charge on any atom is -0.394 e. The van der Waals surface area contributed by atoms with Gasteiger partial charge in [0.05, 0.1) is 11.8 Å². The number of nitrogens with zero attached hydrogens (tertiary/aromatic N) is 2. The number of unbranched alkanes of at least 4 members (excludes halogenated alkanes) is 2. The normalized spacial score (nSPS) is 9.64. The molecule has 0 fully saturated rings. The van der Waals surface area contributed by atoms with Crippen LogP contribution in [0.25, 0.3) is 0 Å². The summed E-state index contributed by atoms with van der Waals surface area (Å²) in [6.07, 6.45) is 3.90. The van der Waals surface area contributed by atoms with E-state index < -0.39 is 0 Å². The van der Waals surface area contributed by atoms with Crippen LogP contribution >= 0.6 is 0 Å². The van der Waals surface area contributed by atoms with E-state index in [0.29, 0.717) is 13.0 Å². The van der Waals surface area contributed by atoms with Crippen molar-refractivity contribution >= 4 is 5.69 Å². The van der Waals surface area contributed by atoms with Crippen molar-refractivity contribution in [3.8, 4) is 6.07 Å². The van der Waals surface area contributed by atoms with Crippen molar-refractivity contribution in [3.63, 3.8) is 0 Å². The molecule has 74 valence electrons. The van der Waals surface area contributed by atoms with Crippen LogP contribution in [0.1, 0.15) is 19.3 Å². The Morgan fingerprint density at radius 1 is 1.50 bits per heavy atom. The summed E-state index contributed by atoms with van der Waals surface area (Å²) in [5.41, 5.74) is 5.59. The predicted molar refractivity (Wildman–Crippen MR) is 54.6 cm³/mol. The quantitative estimate of drug-likeness (QED) is 0.725. The van der Waals surface area contributed by atoms with Crippen LogP contribution in [-0.2, 0) is 6.54 Å². The van der Waals surface area contributed by atoms with E-state index in [4.69, 9.17) is 11.0 Å². The molecule has 0 saturated carbocycles. The lowest BCUT2D eigenvalue weighted by Gasteiger charge is -2.04. The molecule has 0 saturated heterocycles. The summed E-state index contributed by atoms with van der Waals surface area (Å²) in [5, 5.41) is 8.32. The van der Waals surface area contributed by atoms with Gasteiger partial charge in [0.1, 0.15) is 0 Å². The van der Waals surface area contributed by atoms with Gasteiger partial charge in [0.15, 0.2) is 0 Å². The highest BCUT2D eigenvalue weighted by atomic mass is 16.1. The number of nitrogen functional groups attached to an aromatic ring is 1. The van der Waals surface area contributed by atoms with E-state index in [1.807, 2.05) is 0 Å². The molecule has 0 amide bonds.